The van der Waals surface area contributed by atoms with Crippen molar-refractivity contribution >= 4 is 11.6 Å². The molecule has 1 spiro atoms. The fourth-order valence-corrected chi connectivity index (χ4v) is 3.38. The predicted octanol–water partition coefficient (Wildman–Crippen LogP) is 3.29. The first-order valence-corrected chi connectivity index (χ1v) is 7.08. The van der Waals surface area contributed by atoms with Crippen LogP contribution in [0.5, 0.6) is 0 Å². The molecule has 2 aliphatic rings. The SMILES string of the molecule is ClCc1cnn(C2CCOC3(CCCC3)C2)c1. The Morgan fingerprint density at radius 3 is 3.00 bits per heavy atom. The average Bonchev–Trinajstić information content (AvgIpc) is 2.99. The zero-order chi connectivity index (χ0) is 11.7. The maximum Gasteiger partial charge on any atom is 0.0703 e. The van der Waals surface area contributed by atoms with Gasteiger partial charge in [-0.2, -0.15) is 5.10 Å². The van der Waals surface area contributed by atoms with Crippen LogP contribution in [0.4, 0.5) is 0 Å². The van der Waals surface area contributed by atoms with Gasteiger partial charge in [0.2, 0.25) is 0 Å². The topological polar surface area (TPSA) is 27.1 Å². The minimum atomic E-state index is 0.163. The number of rotatable bonds is 2. The van der Waals surface area contributed by atoms with Crippen molar-refractivity contribution in [2.24, 2.45) is 0 Å². The van der Waals surface area contributed by atoms with Gasteiger partial charge in [0.15, 0.2) is 0 Å². The van der Waals surface area contributed by atoms with Crippen LogP contribution in [0.2, 0.25) is 0 Å². The number of alkyl halides is 1. The first-order chi connectivity index (χ1) is 8.31. The van der Waals surface area contributed by atoms with Gasteiger partial charge < -0.3 is 4.74 Å². The normalized spacial score (nSPS) is 27.7. The Hall–Kier alpha value is -0.540. The molecule has 1 aromatic heterocycles. The lowest BCUT2D eigenvalue weighted by molar-refractivity contribution is -0.0910. The summed E-state index contributed by atoms with van der Waals surface area (Å²) in [4.78, 5) is 0. The van der Waals surface area contributed by atoms with Gasteiger partial charge in [-0.15, -0.1) is 11.6 Å². The van der Waals surface area contributed by atoms with Crippen molar-refractivity contribution in [3.05, 3.63) is 18.0 Å². The summed E-state index contributed by atoms with van der Waals surface area (Å²) >= 11 is 5.82. The molecule has 4 heteroatoms. The Morgan fingerprint density at radius 1 is 1.47 bits per heavy atom. The molecule has 3 rings (SSSR count). The Kier molecular flexibility index (Phi) is 3.14. The van der Waals surface area contributed by atoms with E-state index >= 15 is 0 Å². The molecule has 94 valence electrons. The second-order valence-corrected chi connectivity index (χ2v) is 5.61. The van der Waals surface area contributed by atoms with Gasteiger partial charge in [-0.1, -0.05) is 12.8 Å². The molecule has 1 saturated heterocycles. The van der Waals surface area contributed by atoms with Gasteiger partial charge in [-0.05, 0) is 25.7 Å². The van der Waals surface area contributed by atoms with Crippen LogP contribution in [0.3, 0.4) is 0 Å². The molecule has 1 saturated carbocycles. The summed E-state index contributed by atoms with van der Waals surface area (Å²) in [6, 6.07) is 0.499. The van der Waals surface area contributed by atoms with Gasteiger partial charge in [0.25, 0.3) is 0 Å². The maximum atomic E-state index is 6.04. The largest absolute Gasteiger partial charge is 0.375 e. The quantitative estimate of drug-likeness (QED) is 0.758. The molecule has 1 unspecified atom stereocenters. The van der Waals surface area contributed by atoms with E-state index in [0.29, 0.717) is 11.9 Å². The van der Waals surface area contributed by atoms with Gasteiger partial charge >= 0.3 is 0 Å². The van der Waals surface area contributed by atoms with Gasteiger partial charge in [-0.25, -0.2) is 0 Å². The first kappa shape index (κ1) is 11.5. The Morgan fingerprint density at radius 2 is 2.29 bits per heavy atom. The van der Waals surface area contributed by atoms with Crippen molar-refractivity contribution in [3.8, 4) is 0 Å². The van der Waals surface area contributed by atoms with Crippen molar-refractivity contribution in [1.82, 2.24) is 9.78 Å². The molecule has 0 radical (unpaired) electrons. The summed E-state index contributed by atoms with van der Waals surface area (Å²) in [5, 5.41) is 4.44. The zero-order valence-corrected chi connectivity index (χ0v) is 10.8. The van der Waals surface area contributed by atoms with E-state index in [0.717, 1.165) is 25.0 Å². The molecule has 2 heterocycles. The van der Waals surface area contributed by atoms with Crippen LogP contribution in [0, 0.1) is 0 Å². The zero-order valence-electron chi connectivity index (χ0n) is 10.1. The number of aromatic nitrogens is 2. The number of halogens is 1. The fraction of sp³-hybridized carbons (Fsp3) is 0.769. The van der Waals surface area contributed by atoms with Crippen molar-refractivity contribution in [2.45, 2.75) is 56.0 Å². The molecule has 3 nitrogen and oxygen atoms in total. The molecule has 1 aliphatic carbocycles. The highest BCUT2D eigenvalue weighted by atomic mass is 35.5. The highest BCUT2D eigenvalue weighted by molar-refractivity contribution is 6.17. The number of hydrogen-bond donors (Lipinski definition) is 0. The third kappa shape index (κ3) is 2.23. The van der Waals surface area contributed by atoms with E-state index in [9.17, 15) is 0 Å². The lowest BCUT2D eigenvalue weighted by atomic mass is 9.89. The van der Waals surface area contributed by atoms with Crippen molar-refractivity contribution in [1.29, 1.82) is 0 Å². The average molecular weight is 255 g/mol. The van der Waals surface area contributed by atoms with Crippen LogP contribution >= 0.6 is 11.6 Å². The Bertz CT molecular complexity index is 385. The molecule has 2 fully saturated rings. The Labute approximate surface area is 107 Å². The minimum absolute atomic E-state index is 0.163. The summed E-state index contributed by atoms with van der Waals surface area (Å²) in [5.74, 6) is 0.550. The van der Waals surface area contributed by atoms with Crippen LogP contribution in [-0.2, 0) is 10.6 Å². The molecule has 0 aromatic carbocycles. The van der Waals surface area contributed by atoms with Crippen LogP contribution in [0.1, 0.15) is 50.1 Å². The van der Waals surface area contributed by atoms with Gasteiger partial charge in [0.05, 0.1) is 23.7 Å². The van der Waals surface area contributed by atoms with Gasteiger partial charge in [0, 0.05) is 18.4 Å². The van der Waals surface area contributed by atoms with Crippen molar-refractivity contribution in [3.63, 3.8) is 0 Å². The lowest BCUT2D eigenvalue weighted by Gasteiger charge is -2.38. The van der Waals surface area contributed by atoms with E-state index in [2.05, 4.69) is 16.0 Å². The fourth-order valence-electron chi connectivity index (χ4n) is 3.24. The molecule has 1 aromatic rings. The molecule has 0 bridgehead atoms. The van der Waals surface area contributed by atoms with Crippen molar-refractivity contribution < 1.29 is 4.74 Å². The lowest BCUT2D eigenvalue weighted by Crippen LogP contribution is -2.38. The minimum Gasteiger partial charge on any atom is -0.375 e. The van der Waals surface area contributed by atoms with Crippen LogP contribution in [0.25, 0.3) is 0 Å². The van der Waals surface area contributed by atoms with Crippen molar-refractivity contribution in [2.75, 3.05) is 6.61 Å². The summed E-state index contributed by atoms with van der Waals surface area (Å²) < 4.78 is 8.14. The summed E-state index contributed by atoms with van der Waals surface area (Å²) in [7, 11) is 0. The predicted molar refractivity (Wildman–Crippen MR) is 67.2 cm³/mol. The Balaban J connectivity index is 1.74. The van der Waals surface area contributed by atoms with Gasteiger partial charge in [0.1, 0.15) is 0 Å². The summed E-state index contributed by atoms with van der Waals surface area (Å²) in [5.41, 5.74) is 1.27. The highest BCUT2D eigenvalue weighted by Crippen LogP contribution is 2.43. The summed E-state index contributed by atoms with van der Waals surface area (Å²) in [6.45, 7) is 0.876. The third-order valence-corrected chi connectivity index (χ3v) is 4.47. The van der Waals surface area contributed by atoms with E-state index in [1.807, 2.05) is 6.20 Å². The van der Waals surface area contributed by atoms with E-state index < -0.39 is 0 Å². The van der Waals surface area contributed by atoms with Crippen LogP contribution < -0.4 is 0 Å². The molecule has 0 N–H and O–H groups in total. The summed E-state index contributed by atoms with van der Waals surface area (Å²) in [6.07, 6.45) is 11.3. The smallest absolute Gasteiger partial charge is 0.0703 e. The highest BCUT2D eigenvalue weighted by Gasteiger charge is 2.40. The van der Waals surface area contributed by atoms with Gasteiger partial charge in [-0.3, -0.25) is 4.68 Å². The second kappa shape index (κ2) is 4.62. The molecule has 1 aliphatic heterocycles. The number of ether oxygens (including phenoxy) is 1. The third-order valence-electron chi connectivity index (χ3n) is 4.17. The second-order valence-electron chi connectivity index (χ2n) is 5.35. The molecule has 1 atom stereocenters. The number of nitrogens with zero attached hydrogens (tertiary/aromatic N) is 2. The van der Waals surface area contributed by atoms with Crippen LogP contribution in [-0.4, -0.2) is 22.0 Å². The van der Waals surface area contributed by atoms with E-state index in [1.165, 1.54) is 25.7 Å². The van der Waals surface area contributed by atoms with E-state index in [1.54, 1.807) is 0 Å². The van der Waals surface area contributed by atoms with Crippen LogP contribution in [0.15, 0.2) is 12.4 Å². The number of hydrogen-bond acceptors (Lipinski definition) is 2. The molecular formula is C13H19ClN2O. The molecular weight excluding hydrogens is 236 g/mol. The molecule has 17 heavy (non-hydrogen) atoms. The monoisotopic (exact) mass is 254 g/mol. The first-order valence-electron chi connectivity index (χ1n) is 6.54. The standard InChI is InChI=1S/C13H19ClN2O/c14-8-11-9-15-16(10-11)12-3-6-17-13(7-12)4-1-2-5-13/h9-10,12H,1-8H2. The maximum absolute atomic E-state index is 6.04. The van der Waals surface area contributed by atoms with E-state index in [-0.39, 0.29) is 5.60 Å². The molecule has 0 amide bonds. The van der Waals surface area contributed by atoms with E-state index in [4.69, 9.17) is 16.3 Å².